The van der Waals surface area contributed by atoms with Crippen LogP contribution in [0, 0.1) is 0 Å². The van der Waals surface area contributed by atoms with Crippen LogP contribution in [-0.2, 0) is 14.1 Å². The predicted octanol–water partition coefficient (Wildman–Crippen LogP) is 3.48. The Balaban J connectivity index is 1.80. The molecular weight excluding hydrogens is 326 g/mol. The number of amides is 1. The molecule has 1 amide bonds. The molecule has 5 heteroatoms. The lowest BCUT2D eigenvalue weighted by Gasteiger charge is -2.16. The first-order valence-corrected chi connectivity index (χ1v) is 9.46. The highest BCUT2D eigenvalue weighted by molar-refractivity contribution is 6.08. The Morgan fingerprint density at radius 2 is 1.69 bits per heavy atom. The van der Waals surface area contributed by atoms with Gasteiger partial charge in [-0.05, 0) is 25.0 Å². The normalized spacial score (nSPS) is 16.1. The number of carbonyl (C=O) groups is 1. The van der Waals surface area contributed by atoms with Crippen LogP contribution < -0.4 is 10.9 Å². The van der Waals surface area contributed by atoms with Crippen molar-refractivity contribution in [2.45, 2.75) is 44.6 Å². The van der Waals surface area contributed by atoms with Gasteiger partial charge >= 0.3 is 0 Å². The molecule has 0 aliphatic heterocycles. The van der Waals surface area contributed by atoms with Crippen LogP contribution >= 0.6 is 0 Å². The maximum atomic E-state index is 12.9. The van der Waals surface area contributed by atoms with Crippen molar-refractivity contribution in [3.8, 4) is 0 Å². The molecule has 0 bridgehead atoms. The zero-order chi connectivity index (χ0) is 18.3. The first-order chi connectivity index (χ1) is 12.6. The molecule has 1 aromatic carbocycles. The average molecular weight is 351 g/mol. The Morgan fingerprint density at radius 1 is 1.00 bits per heavy atom. The third-order valence-corrected chi connectivity index (χ3v) is 5.71. The molecule has 1 fully saturated rings. The quantitative estimate of drug-likeness (QED) is 0.719. The van der Waals surface area contributed by atoms with E-state index >= 15 is 0 Å². The van der Waals surface area contributed by atoms with E-state index in [1.165, 1.54) is 25.7 Å². The standard InChI is InChI=1S/C21H25N3O2/c1-23-18(20(25)22-14-9-5-3-4-6-10-14)13-16-19(23)15-11-7-8-12-17(15)24(2)21(16)26/h7-8,11-14H,3-6,9-10H2,1-2H3,(H,22,25). The molecule has 1 aliphatic rings. The number of nitrogens with zero attached hydrogens (tertiary/aromatic N) is 2. The van der Waals surface area contributed by atoms with Gasteiger partial charge in [0.1, 0.15) is 5.69 Å². The number of pyridine rings is 1. The number of aryl methyl sites for hydroxylation is 2. The van der Waals surface area contributed by atoms with Crippen LogP contribution in [0.1, 0.15) is 49.0 Å². The predicted molar refractivity (Wildman–Crippen MR) is 105 cm³/mol. The summed E-state index contributed by atoms with van der Waals surface area (Å²) in [5.41, 5.74) is 2.19. The molecule has 2 heterocycles. The monoisotopic (exact) mass is 351 g/mol. The minimum atomic E-state index is -0.0817. The van der Waals surface area contributed by atoms with Crippen molar-refractivity contribution in [3.05, 3.63) is 46.4 Å². The number of aromatic nitrogens is 2. The van der Waals surface area contributed by atoms with Gasteiger partial charge in [-0.25, -0.2) is 0 Å². The number of carbonyl (C=O) groups excluding carboxylic acids is 1. The smallest absolute Gasteiger partial charge is 0.268 e. The summed E-state index contributed by atoms with van der Waals surface area (Å²) in [6, 6.07) is 9.82. The lowest BCUT2D eigenvalue weighted by Crippen LogP contribution is -2.35. The summed E-state index contributed by atoms with van der Waals surface area (Å²) < 4.78 is 3.52. The first kappa shape index (κ1) is 16.9. The molecule has 0 saturated heterocycles. The van der Waals surface area contributed by atoms with E-state index in [-0.39, 0.29) is 17.5 Å². The molecule has 1 N–H and O–H groups in total. The third kappa shape index (κ3) is 2.71. The van der Waals surface area contributed by atoms with Crippen molar-refractivity contribution >= 4 is 27.7 Å². The van der Waals surface area contributed by atoms with Crippen molar-refractivity contribution in [3.63, 3.8) is 0 Å². The van der Waals surface area contributed by atoms with Crippen LogP contribution in [0.2, 0.25) is 0 Å². The number of hydrogen-bond acceptors (Lipinski definition) is 2. The molecule has 3 aromatic rings. The van der Waals surface area contributed by atoms with E-state index in [0.29, 0.717) is 11.1 Å². The van der Waals surface area contributed by atoms with Gasteiger partial charge in [0.25, 0.3) is 11.5 Å². The summed E-state index contributed by atoms with van der Waals surface area (Å²) in [6.45, 7) is 0. The van der Waals surface area contributed by atoms with E-state index in [2.05, 4.69) is 5.32 Å². The van der Waals surface area contributed by atoms with Gasteiger partial charge < -0.3 is 14.5 Å². The molecule has 1 aliphatic carbocycles. The van der Waals surface area contributed by atoms with Crippen molar-refractivity contribution in [2.75, 3.05) is 0 Å². The molecule has 0 spiro atoms. The second-order valence-corrected chi connectivity index (χ2v) is 7.39. The summed E-state index contributed by atoms with van der Waals surface area (Å²) in [4.78, 5) is 25.7. The molecule has 26 heavy (non-hydrogen) atoms. The highest BCUT2D eigenvalue weighted by Crippen LogP contribution is 2.25. The Morgan fingerprint density at radius 3 is 2.42 bits per heavy atom. The fourth-order valence-corrected chi connectivity index (χ4v) is 4.25. The number of hydrogen-bond donors (Lipinski definition) is 1. The Labute approximate surface area is 152 Å². The van der Waals surface area contributed by atoms with Gasteiger partial charge in [0.2, 0.25) is 0 Å². The molecule has 1 saturated carbocycles. The molecule has 5 nitrogen and oxygen atoms in total. The van der Waals surface area contributed by atoms with E-state index in [0.717, 1.165) is 29.3 Å². The molecule has 0 radical (unpaired) electrons. The van der Waals surface area contributed by atoms with Crippen LogP contribution in [-0.4, -0.2) is 21.1 Å². The molecule has 136 valence electrons. The number of fused-ring (bicyclic) bond motifs is 3. The number of nitrogens with one attached hydrogen (secondary N) is 1. The minimum absolute atomic E-state index is 0.0668. The Kier molecular flexibility index (Phi) is 4.31. The van der Waals surface area contributed by atoms with Gasteiger partial charge in [-0.2, -0.15) is 0 Å². The summed E-state index contributed by atoms with van der Waals surface area (Å²) in [5, 5.41) is 4.77. The average Bonchev–Trinajstić information content (AvgIpc) is 2.81. The van der Waals surface area contributed by atoms with Crippen LogP contribution in [0.15, 0.2) is 35.1 Å². The summed E-state index contributed by atoms with van der Waals surface area (Å²) in [6.07, 6.45) is 6.93. The topological polar surface area (TPSA) is 56.0 Å². The van der Waals surface area contributed by atoms with E-state index in [4.69, 9.17) is 0 Å². The fraction of sp³-hybridized carbons (Fsp3) is 0.429. The second kappa shape index (κ2) is 6.63. The van der Waals surface area contributed by atoms with Crippen molar-refractivity contribution in [2.24, 2.45) is 14.1 Å². The molecule has 0 unspecified atom stereocenters. The van der Waals surface area contributed by atoms with Gasteiger partial charge in [-0.1, -0.05) is 43.9 Å². The van der Waals surface area contributed by atoms with Gasteiger partial charge in [0.05, 0.1) is 16.4 Å². The maximum Gasteiger partial charge on any atom is 0.268 e. The Bertz CT molecular complexity index is 1040. The van der Waals surface area contributed by atoms with Gasteiger partial charge in [0, 0.05) is 25.5 Å². The summed E-state index contributed by atoms with van der Waals surface area (Å²) >= 11 is 0. The van der Waals surface area contributed by atoms with Gasteiger partial charge in [0.15, 0.2) is 0 Å². The Hall–Kier alpha value is -2.56. The van der Waals surface area contributed by atoms with Crippen molar-refractivity contribution in [1.82, 2.24) is 14.5 Å². The number of para-hydroxylation sites is 1. The molecule has 2 aromatic heterocycles. The summed E-state index contributed by atoms with van der Waals surface area (Å²) in [5.74, 6) is -0.0817. The number of benzene rings is 1. The number of rotatable bonds is 2. The first-order valence-electron chi connectivity index (χ1n) is 9.46. The van der Waals surface area contributed by atoms with Crippen LogP contribution in [0.4, 0.5) is 0 Å². The van der Waals surface area contributed by atoms with E-state index < -0.39 is 0 Å². The fourth-order valence-electron chi connectivity index (χ4n) is 4.25. The van der Waals surface area contributed by atoms with Crippen LogP contribution in [0.5, 0.6) is 0 Å². The molecule has 0 atom stereocenters. The minimum Gasteiger partial charge on any atom is -0.348 e. The molecule has 4 rings (SSSR count). The highest BCUT2D eigenvalue weighted by Gasteiger charge is 2.21. The largest absolute Gasteiger partial charge is 0.348 e. The van der Waals surface area contributed by atoms with Crippen LogP contribution in [0.25, 0.3) is 21.8 Å². The molecular formula is C21H25N3O2. The lowest BCUT2D eigenvalue weighted by molar-refractivity contribution is 0.0925. The van der Waals surface area contributed by atoms with Crippen LogP contribution in [0.3, 0.4) is 0 Å². The highest BCUT2D eigenvalue weighted by atomic mass is 16.2. The van der Waals surface area contributed by atoms with Gasteiger partial charge in [-0.3, -0.25) is 9.59 Å². The zero-order valence-electron chi connectivity index (χ0n) is 15.4. The third-order valence-electron chi connectivity index (χ3n) is 5.71. The zero-order valence-corrected chi connectivity index (χ0v) is 15.4. The summed E-state index contributed by atoms with van der Waals surface area (Å²) in [7, 11) is 3.65. The van der Waals surface area contributed by atoms with Crippen molar-refractivity contribution < 1.29 is 4.79 Å². The van der Waals surface area contributed by atoms with E-state index in [1.54, 1.807) is 17.7 Å². The maximum absolute atomic E-state index is 12.9. The lowest BCUT2D eigenvalue weighted by atomic mass is 10.1. The SMILES string of the molecule is Cn1c(C(=O)NC2CCCCCC2)cc2c(=O)n(C)c3ccccc3c21. The van der Waals surface area contributed by atoms with E-state index in [9.17, 15) is 9.59 Å². The van der Waals surface area contributed by atoms with Crippen molar-refractivity contribution in [1.29, 1.82) is 0 Å². The second-order valence-electron chi connectivity index (χ2n) is 7.39. The van der Waals surface area contributed by atoms with Gasteiger partial charge in [-0.15, -0.1) is 0 Å². The van der Waals surface area contributed by atoms with E-state index in [1.807, 2.05) is 35.9 Å².